The number of amides is 1. The van der Waals surface area contributed by atoms with Gasteiger partial charge in [0, 0.05) is 18.8 Å². The Morgan fingerprint density at radius 2 is 2.28 bits per heavy atom. The Hall–Kier alpha value is -2.28. The number of pyridine rings is 1. The van der Waals surface area contributed by atoms with Crippen molar-refractivity contribution in [3.8, 4) is 0 Å². The summed E-state index contributed by atoms with van der Waals surface area (Å²) in [4.78, 5) is 15.5. The number of rotatable bonds is 3. The third kappa shape index (κ3) is 2.69. The number of carbonyl (C=O) groups is 1. The number of nitrogens with zero attached hydrogens (tertiary/aromatic N) is 3. The lowest BCUT2D eigenvalue weighted by Crippen LogP contribution is -2.27. The lowest BCUT2D eigenvalue weighted by Gasteiger charge is -2.09. The van der Waals surface area contributed by atoms with Crippen LogP contribution in [-0.4, -0.2) is 20.7 Å². The third-order valence-corrected chi connectivity index (χ3v) is 2.35. The molecule has 0 spiro atoms. The first-order valence-corrected chi connectivity index (χ1v) is 5.23. The second-order valence-electron chi connectivity index (χ2n) is 3.78. The molecule has 1 unspecified atom stereocenters. The molecule has 0 aliphatic carbocycles. The number of hydrogen-bond donors (Lipinski definition) is 2. The quantitative estimate of drug-likeness (QED) is 0.833. The summed E-state index contributed by atoms with van der Waals surface area (Å²) in [6.45, 7) is 0. The zero-order valence-electron chi connectivity index (χ0n) is 9.67. The minimum absolute atomic E-state index is 0.251. The summed E-state index contributed by atoms with van der Waals surface area (Å²) in [5, 5.41) is 6.43. The summed E-state index contributed by atoms with van der Waals surface area (Å²) in [7, 11) is 1.73. The van der Waals surface area contributed by atoms with Gasteiger partial charge in [0.2, 0.25) is 5.91 Å². The number of aryl methyl sites for hydroxylation is 1. The first-order chi connectivity index (χ1) is 8.56. The van der Waals surface area contributed by atoms with Crippen molar-refractivity contribution in [2.24, 2.45) is 12.8 Å². The Bertz CT molecular complexity index is 551. The Morgan fingerprint density at radius 3 is 2.83 bits per heavy atom. The zero-order valence-corrected chi connectivity index (χ0v) is 9.67. The average Bonchev–Trinajstić information content (AvgIpc) is 2.78. The number of nitrogens with one attached hydrogen (secondary N) is 1. The molecule has 2 rings (SSSR count). The van der Waals surface area contributed by atoms with Crippen molar-refractivity contribution in [3.63, 3.8) is 0 Å². The van der Waals surface area contributed by atoms with Gasteiger partial charge >= 0.3 is 0 Å². The molecule has 1 amide bonds. The molecular formula is C11H12FN5O. The third-order valence-electron chi connectivity index (χ3n) is 2.35. The van der Waals surface area contributed by atoms with E-state index in [1.54, 1.807) is 17.9 Å². The molecule has 7 heteroatoms. The molecule has 94 valence electrons. The van der Waals surface area contributed by atoms with Crippen LogP contribution in [0.25, 0.3) is 0 Å². The minimum Gasteiger partial charge on any atom is -0.316 e. The van der Waals surface area contributed by atoms with Crippen molar-refractivity contribution in [1.29, 1.82) is 0 Å². The van der Waals surface area contributed by atoms with Crippen LogP contribution in [0.3, 0.4) is 0 Å². The molecule has 6 nitrogen and oxygen atoms in total. The summed E-state index contributed by atoms with van der Waals surface area (Å²) in [6.07, 6.45) is 4.19. The second kappa shape index (κ2) is 4.92. The lowest BCUT2D eigenvalue weighted by atomic mass is 10.1. The summed E-state index contributed by atoms with van der Waals surface area (Å²) in [5.74, 6) is -0.646. The molecule has 0 bridgehead atoms. The van der Waals surface area contributed by atoms with E-state index >= 15 is 0 Å². The SMILES string of the molecule is Cn1cc(C(N)C(=O)Nc2ccc(F)cn2)cn1. The topological polar surface area (TPSA) is 85.8 Å². The largest absolute Gasteiger partial charge is 0.316 e. The Kier molecular flexibility index (Phi) is 3.33. The van der Waals surface area contributed by atoms with Gasteiger partial charge in [0.1, 0.15) is 17.7 Å². The predicted octanol–water partition coefficient (Wildman–Crippen LogP) is 0.593. The van der Waals surface area contributed by atoms with Crippen molar-refractivity contribution < 1.29 is 9.18 Å². The number of anilines is 1. The standard InChI is InChI=1S/C11H12FN5O/c1-17-6-7(4-15-17)10(13)11(18)16-9-3-2-8(12)5-14-9/h2-6,10H,13H2,1H3,(H,14,16,18). The smallest absolute Gasteiger partial charge is 0.247 e. The van der Waals surface area contributed by atoms with E-state index in [0.29, 0.717) is 5.56 Å². The maximum absolute atomic E-state index is 12.6. The Labute approximate surface area is 103 Å². The Balaban J connectivity index is 2.05. The van der Waals surface area contributed by atoms with Crippen LogP contribution < -0.4 is 11.1 Å². The van der Waals surface area contributed by atoms with Crippen LogP contribution in [-0.2, 0) is 11.8 Å². The first-order valence-electron chi connectivity index (χ1n) is 5.23. The Morgan fingerprint density at radius 1 is 1.50 bits per heavy atom. The van der Waals surface area contributed by atoms with E-state index in [2.05, 4.69) is 15.4 Å². The second-order valence-corrected chi connectivity index (χ2v) is 3.78. The molecule has 0 aliphatic rings. The van der Waals surface area contributed by atoms with Crippen LogP contribution in [0.5, 0.6) is 0 Å². The van der Waals surface area contributed by atoms with Crippen molar-refractivity contribution in [3.05, 3.63) is 42.1 Å². The number of hydrogen-bond acceptors (Lipinski definition) is 4. The van der Waals surface area contributed by atoms with E-state index in [1.165, 1.54) is 18.3 Å². The van der Waals surface area contributed by atoms with E-state index < -0.39 is 17.8 Å². The molecule has 0 saturated heterocycles. The van der Waals surface area contributed by atoms with Gasteiger partial charge in [-0.3, -0.25) is 9.48 Å². The average molecular weight is 249 g/mol. The molecule has 2 aromatic rings. The fraction of sp³-hybridized carbons (Fsp3) is 0.182. The summed E-state index contributed by atoms with van der Waals surface area (Å²) < 4.78 is 14.2. The van der Waals surface area contributed by atoms with Gasteiger partial charge in [-0.2, -0.15) is 5.10 Å². The number of aromatic nitrogens is 3. The minimum atomic E-state index is -0.842. The predicted molar refractivity (Wildman–Crippen MR) is 63.0 cm³/mol. The van der Waals surface area contributed by atoms with Crippen LogP contribution >= 0.6 is 0 Å². The van der Waals surface area contributed by atoms with Crippen molar-refractivity contribution >= 4 is 11.7 Å². The first kappa shape index (κ1) is 12.2. The maximum Gasteiger partial charge on any atom is 0.247 e. The van der Waals surface area contributed by atoms with Gasteiger partial charge in [0.25, 0.3) is 0 Å². The van der Waals surface area contributed by atoms with Crippen LogP contribution in [0.4, 0.5) is 10.2 Å². The molecule has 0 aliphatic heterocycles. The maximum atomic E-state index is 12.6. The van der Waals surface area contributed by atoms with Crippen molar-refractivity contribution in [2.75, 3.05) is 5.32 Å². The molecule has 18 heavy (non-hydrogen) atoms. The van der Waals surface area contributed by atoms with Gasteiger partial charge in [-0.25, -0.2) is 9.37 Å². The van der Waals surface area contributed by atoms with Crippen molar-refractivity contribution in [2.45, 2.75) is 6.04 Å². The highest BCUT2D eigenvalue weighted by atomic mass is 19.1. The van der Waals surface area contributed by atoms with Gasteiger partial charge < -0.3 is 11.1 Å². The lowest BCUT2D eigenvalue weighted by molar-refractivity contribution is -0.117. The number of nitrogens with two attached hydrogens (primary N) is 1. The normalized spacial score (nSPS) is 12.2. The molecule has 0 saturated carbocycles. The molecule has 2 heterocycles. The molecular weight excluding hydrogens is 237 g/mol. The van der Waals surface area contributed by atoms with Gasteiger partial charge in [-0.15, -0.1) is 0 Å². The fourth-order valence-electron chi connectivity index (χ4n) is 1.41. The van der Waals surface area contributed by atoms with E-state index in [-0.39, 0.29) is 5.82 Å². The van der Waals surface area contributed by atoms with Crippen LogP contribution in [0, 0.1) is 5.82 Å². The summed E-state index contributed by atoms with van der Waals surface area (Å²) >= 11 is 0. The van der Waals surface area contributed by atoms with E-state index in [4.69, 9.17) is 5.73 Å². The molecule has 3 N–H and O–H groups in total. The van der Waals surface area contributed by atoms with Crippen LogP contribution in [0.1, 0.15) is 11.6 Å². The van der Waals surface area contributed by atoms with Crippen LogP contribution in [0.2, 0.25) is 0 Å². The van der Waals surface area contributed by atoms with Gasteiger partial charge in [-0.1, -0.05) is 0 Å². The molecule has 2 aromatic heterocycles. The van der Waals surface area contributed by atoms with Crippen LogP contribution in [0.15, 0.2) is 30.7 Å². The molecule has 0 radical (unpaired) electrons. The van der Waals surface area contributed by atoms with Crippen molar-refractivity contribution in [1.82, 2.24) is 14.8 Å². The van der Waals surface area contributed by atoms with Gasteiger partial charge in [0.15, 0.2) is 0 Å². The fourth-order valence-corrected chi connectivity index (χ4v) is 1.41. The van der Waals surface area contributed by atoms with Gasteiger partial charge in [0.05, 0.1) is 12.4 Å². The molecule has 1 atom stereocenters. The van der Waals surface area contributed by atoms with E-state index in [0.717, 1.165) is 6.20 Å². The molecule has 0 fully saturated rings. The summed E-state index contributed by atoms with van der Waals surface area (Å²) in [5.41, 5.74) is 6.36. The highest BCUT2D eigenvalue weighted by molar-refractivity contribution is 5.94. The highest BCUT2D eigenvalue weighted by Crippen LogP contribution is 2.11. The number of halogens is 1. The summed E-state index contributed by atoms with van der Waals surface area (Å²) in [6, 6.07) is 1.73. The van der Waals surface area contributed by atoms with Gasteiger partial charge in [-0.05, 0) is 12.1 Å². The monoisotopic (exact) mass is 249 g/mol. The number of carbonyl (C=O) groups excluding carboxylic acids is 1. The zero-order chi connectivity index (χ0) is 13.1. The highest BCUT2D eigenvalue weighted by Gasteiger charge is 2.17. The van der Waals surface area contributed by atoms with E-state index in [9.17, 15) is 9.18 Å². The molecule has 0 aromatic carbocycles. The van der Waals surface area contributed by atoms with E-state index in [1.807, 2.05) is 0 Å².